The standard InChI is InChI=1S/C29H34O4Si/c1-29(2,3)34(24-15-9-5-10-16-24,25-17-11-6-12-18-25)32-22-27-26(30)19-20-28(33-27)31-21-23-13-7-4-8-14-23/h4-20,26-28,30H,21-22H2,1-3H3/t26-,27-,28-/m1/s1. The summed E-state index contributed by atoms with van der Waals surface area (Å²) in [6.07, 6.45) is 1.71. The lowest BCUT2D eigenvalue weighted by molar-refractivity contribution is -0.183. The third-order valence-corrected chi connectivity index (χ3v) is 11.3. The zero-order chi connectivity index (χ0) is 24.0. The van der Waals surface area contributed by atoms with Gasteiger partial charge in [-0.2, -0.15) is 0 Å². The highest BCUT2D eigenvalue weighted by atomic mass is 28.4. The predicted octanol–water partition coefficient (Wildman–Crippen LogP) is 4.42. The number of aliphatic hydroxyl groups is 1. The molecule has 1 heterocycles. The average molecular weight is 475 g/mol. The van der Waals surface area contributed by atoms with Crippen LogP contribution in [0.2, 0.25) is 5.04 Å². The number of hydrogen-bond acceptors (Lipinski definition) is 4. The van der Waals surface area contributed by atoms with Crippen LogP contribution in [0.5, 0.6) is 0 Å². The molecule has 0 unspecified atom stereocenters. The monoisotopic (exact) mass is 474 g/mol. The zero-order valence-electron chi connectivity index (χ0n) is 20.1. The summed E-state index contributed by atoms with van der Waals surface area (Å²) in [7, 11) is -2.71. The maximum atomic E-state index is 10.7. The van der Waals surface area contributed by atoms with E-state index in [0.29, 0.717) is 6.61 Å². The average Bonchev–Trinajstić information content (AvgIpc) is 2.86. The first-order chi connectivity index (χ1) is 16.4. The van der Waals surface area contributed by atoms with Gasteiger partial charge in [-0.1, -0.05) is 118 Å². The number of rotatable bonds is 8. The van der Waals surface area contributed by atoms with Crippen molar-refractivity contribution in [1.29, 1.82) is 0 Å². The molecule has 4 nitrogen and oxygen atoms in total. The van der Waals surface area contributed by atoms with E-state index in [-0.39, 0.29) is 11.6 Å². The van der Waals surface area contributed by atoms with Gasteiger partial charge in [0.15, 0.2) is 6.29 Å². The second kappa shape index (κ2) is 10.8. The molecule has 5 heteroatoms. The molecule has 1 aliphatic rings. The Bertz CT molecular complexity index is 1010. The summed E-state index contributed by atoms with van der Waals surface area (Å²) in [6, 6.07) is 31.0. The second-order valence-electron chi connectivity index (χ2n) is 9.69. The summed E-state index contributed by atoms with van der Waals surface area (Å²) in [6.45, 7) is 7.42. The van der Waals surface area contributed by atoms with Crippen LogP contribution in [0.1, 0.15) is 26.3 Å². The molecule has 4 rings (SSSR count). The molecule has 0 fully saturated rings. The fraction of sp³-hybridized carbons (Fsp3) is 0.310. The molecule has 0 saturated carbocycles. The van der Waals surface area contributed by atoms with Crippen LogP contribution in [0, 0.1) is 0 Å². The van der Waals surface area contributed by atoms with Crippen LogP contribution in [0.25, 0.3) is 0 Å². The second-order valence-corrected chi connectivity index (χ2v) is 14.0. The van der Waals surface area contributed by atoms with Crippen LogP contribution in [-0.4, -0.2) is 38.5 Å². The summed E-state index contributed by atoms with van der Waals surface area (Å²) >= 11 is 0. The van der Waals surface area contributed by atoms with E-state index in [1.165, 1.54) is 10.4 Å². The van der Waals surface area contributed by atoms with Gasteiger partial charge in [-0.3, -0.25) is 0 Å². The van der Waals surface area contributed by atoms with Crippen LogP contribution in [0.4, 0.5) is 0 Å². The lowest BCUT2D eigenvalue weighted by Crippen LogP contribution is -2.67. The Labute approximate surface area is 204 Å². The van der Waals surface area contributed by atoms with E-state index in [1.807, 2.05) is 42.5 Å². The first-order valence-corrected chi connectivity index (χ1v) is 13.7. The predicted molar refractivity (Wildman–Crippen MR) is 139 cm³/mol. The number of aliphatic hydroxyl groups excluding tert-OH is 1. The van der Waals surface area contributed by atoms with Crippen molar-refractivity contribution in [2.75, 3.05) is 6.61 Å². The van der Waals surface area contributed by atoms with E-state index in [2.05, 4.69) is 69.3 Å². The molecule has 0 aliphatic carbocycles. The Morgan fingerprint density at radius 2 is 1.32 bits per heavy atom. The fourth-order valence-electron chi connectivity index (χ4n) is 4.58. The van der Waals surface area contributed by atoms with Gasteiger partial charge in [-0.15, -0.1) is 0 Å². The fourth-order valence-corrected chi connectivity index (χ4v) is 9.15. The molecule has 0 aromatic heterocycles. The molecule has 0 saturated heterocycles. The lowest BCUT2D eigenvalue weighted by Gasteiger charge is -2.44. The third-order valence-electron chi connectivity index (χ3n) is 6.29. The summed E-state index contributed by atoms with van der Waals surface area (Å²) in [4.78, 5) is 0. The van der Waals surface area contributed by atoms with Crippen molar-refractivity contribution >= 4 is 18.7 Å². The van der Waals surface area contributed by atoms with Crippen LogP contribution in [-0.2, 0) is 20.5 Å². The SMILES string of the molecule is CC(C)(C)[Si](OC[C@H]1O[C@@H](OCc2ccccc2)C=C[C@H]1O)(c1ccccc1)c1ccccc1. The Hall–Kier alpha value is -2.54. The van der Waals surface area contributed by atoms with Crippen molar-refractivity contribution < 1.29 is 19.0 Å². The van der Waals surface area contributed by atoms with Crippen molar-refractivity contribution in [1.82, 2.24) is 0 Å². The lowest BCUT2D eigenvalue weighted by atomic mass is 10.1. The smallest absolute Gasteiger partial charge is 0.261 e. The van der Waals surface area contributed by atoms with E-state index in [9.17, 15) is 5.11 Å². The Morgan fingerprint density at radius 1 is 0.794 bits per heavy atom. The minimum atomic E-state index is -2.71. The van der Waals surface area contributed by atoms with E-state index < -0.39 is 26.8 Å². The van der Waals surface area contributed by atoms with Gasteiger partial charge in [-0.05, 0) is 27.1 Å². The first-order valence-electron chi connectivity index (χ1n) is 11.8. The van der Waals surface area contributed by atoms with E-state index in [1.54, 1.807) is 12.2 Å². The van der Waals surface area contributed by atoms with Gasteiger partial charge in [0.1, 0.15) is 12.2 Å². The summed E-state index contributed by atoms with van der Waals surface area (Å²) < 4.78 is 19.0. The van der Waals surface area contributed by atoms with Gasteiger partial charge in [-0.25, -0.2) is 0 Å². The Kier molecular flexibility index (Phi) is 7.81. The zero-order valence-corrected chi connectivity index (χ0v) is 21.1. The van der Waals surface area contributed by atoms with Crippen molar-refractivity contribution in [2.45, 2.75) is 50.9 Å². The van der Waals surface area contributed by atoms with Crippen molar-refractivity contribution in [3.63, 3.8) is 0 Å². The van der Waals surface area contributed by atoms with Crippen LogP contribution in [0.15, 0.2) is 103 Å². The van der Waals surface area contributed by atoms with Gasteiger partial charge in [0.2, 0.25) is 0 Å². The normalized spacial score (nSPS) is 20.9. The Morgan fingerprint density at radius 3 is 1.85 bits per heavy atom. The van der Waals surface area contributed by atoms with E-state index >= 15 is 0 Å². The van der Waals surface area contributed by atoms with Crippen LogP contribution in [0.3, 0.4) is 0 Å². The molecular weight excluding hydrogens is 440 g/mol. The number of hydrogen-bond donors (Lipinski definition) is 1. The van der Waals surface area contributed by atoms with Crippen molar-refractivity contribution in [3.05, 3.63) is 109 Å². The summed E-state index contributed by atoms with van der Waals surface area (Å²) in [5.41, 5.74) is 1.07. The molecule has 0 bridgehead atoms. The van der Waals surface area contributed by atoms with Crippen LogP contribution < -0.4 is 10.4 Å². The minimum absolute atomic E-state index is 0.144. The van der Waals surface area contributed by atoms with E-state index in [0.717, 1.165) is 5.56 Å². The maximum absolute atomic E-state index is 10.7. The summed E-state index contributed by atoms with van der Waals surface area (Å²) in [5, 5.41) is 12.9. The topological polar surface area (TPSA) is 47.9 Å². The molecule has 1 N–H and O–H groups in total. The number of benzene rings is 3. The molecular formula is C29H34O4Si. The van der Waals surface area contributed by atoms with Crippen molar-refractivity contribution in [3.8, 4) is 0 Å². The Balaban J connectivity index is 1.56. The third kappa shape index (κ3) is 5.40. The molecule has 3 aromatic rings. The highest BCUT2D eigenvalue weighted by molar-refractivity contribution is 6.99. The first kappa shape index (κ1) is 24.6. The quantitative estimate of drug-likeness (QED) is 0.388. The highest BCUT2D eigenvalue weighted by Gasteiger charge is 2.50. The molecule has 0 amide bonds. The van der Waals surface area contributed by atoms with Crippen molar-refractivity contribution in [2.24, 2.45) is 0 Å². The maximum Gasteiger partial charge on any atom is 0.261 e. The molecule has 1 aliphatic heterocycles. The van der Waals surface area contributed by atoms with Gasteiger partial charge >= 0.3 is 0 Å². The van der Waals surface area contributed by atoms with Crippen LogP contribution >= 0.6 is 0 Å². The number of ether oxygens (including phenoxy) is 2. The molecule has 0 radical (unpaired) electrons. The largest absolute Gasteiger partial charge is 0.405 e. The van der Waals surface area contributed by atoms with Gasteiger partial charge in [0, 0.05) is 0 Å². The van der Waals surface area contributed by atoms with Gasteiger partial charge < -0.3 is 19.0 Å². The molecule has 3 aromatic carbocycles. The van der Waals surface area contributed by atoms with E-state index in [4.69, 9.17) is 13.9 Å². The minimum Gasteiger partial charge on any atom is -0.405 e. The molecule has 3 atom stereocenters. The molecule has 0 spiro atoms. The highest BCUT2D eigenvalue weighted by Crippen LogP contribution is 2.37. The van der Waals surface area contributed by atoms with Gasteiger partial charge in [0.05, 0.1) is 13.2 Å². The molecule has 178 valence electrons. The molecule has 34 heavy (non-hydrogen) atoms. The van der Waals surface area contributed by atoms with Gasteiger partial charge in [0.25, 0.3) is 8.32 Å². The summed E-state index contributed by atoms with van der Waals surface area (Å²) in [5.74, 6) is 0.